The van der Waals surface area contributed by atoms with Crippen LogP contribution in [0.2, 0.25) is 5.02 Å². The van der Waals surface area contributed by atoms with Crippen LogP contribution in [0.3, 0.4) is 0 Å². The molecule has 5 heteroatoms. The summed E-state index contributed by atoms with van der Waals surface area (Å²) >= 11 is 5.97. The average molecular weight is 273 g/mol. The molecule has 1 aromatic heterocycles. The van der Waals surface area contributed by atoms with Crippen molar-refractivity contribution in [2.45, 2.75) is 0 Å². The minimum atomic E-state index is -0.714. The molecule has 2 aromatic carbocycles. The van der Waals surface area contributed by atoms with E-state index in [0.717, 1.165) is 5.56 Å². The summed E-state index contributed by atoms with van der Waals surface area (Å²) in [6.07, 6.45) is 0. The maximum Gasteiger partial charge on any atom is 0.381 e. The molecule has 19 heavy (non-hydrogen) atoms. The maximum absolute atomic E-state index is 11.7. The number of hydrogen-bond donors (Lipinski definition) is 1. The highest BCUT2D eigenvalue weighted by molar-refractivity contribution is 6.31. The number of rotatable bonds is 1. The van der Waals surface area contributed by atoms with Gasteiger partial charge >= 0.3 is 5.69 Å². The van der Waals surface area contributed by atoms with Gasteiger partial charge in [-0.05, 0) is 18.2 Å². The molecule has 94 valence electrons. The molecule has 0 aliphatic heterocycles. The summed E-state index contributed by atoms with van der Waals surface area (Å²) in [6.45, 7) is 0. The lowest BCUT2D eigenvalue weighted by molar-refractivity contribution is 0.184. The molecule has 0 saturated carbocycles. The fourth-order valence-electron chi connectivity index (χ4n) is 2.00. The van der Waals surface area contributed by atoms with Gasteiger partial charge in [0.15, 0.2) is 0 Å². The Hall–Kier alpha value is -2.33. The minimum absolute atomic E-state index is 0.378. The first-order valence-electron chi connectivity index (χ1n) is 5.64. The van der Waals surface area contributed by atoms with E-state index in [-0.39, 0.29) is 0 Å². The van der Waals surface area contributed by atoms with Crippen LogP contribution in [0, 0.1) is 0 Å². The third-order valence-corrected chi connectivity index (χ3v) is 3.11. The fraction of sp³-hybridized carbons (Fsp3) is 0. The van der Waals surface area contributed by atoms with Crippen LogP contribution >= 0.6 is 11.6 Å². The number of hydrogen-bond acceptors (Lipinski definition) is 3. The molecule has 0 aliphatic rings. The molecule has 0 fully saturated rings. The Morgan fingerprint density at radius 2 is 1.84 bits per heavy atom. The van der Waals surface area contributed by atoms with E-state index >= 15 is 0 Å². The summed E-state index contributed by atoms with van der Waals surface area (Å²) in [4.78, 5) is 15.6. The van der Waals surface area contributed by atoms with Crippen molar-refractivity contribution >= 4 is 22.5 Å². The van der Waals surface area contributed by atoms with E-state index in [2.05, 4.69) is 4.98 Å². The van der Waals surface area contributed by atoms with Crippen molar-refractivity contribution in [3.63, 3.8) is 0 Å². The topological polar surface area (TPSA) is 55.1 Å². The summed E-state index contributed by atoms with van der Waals surface area (Å²) < 4.78 is 0.526. The summed E-state index contributed by atoms with van der Waals surface area (Å²) in [7, 11) is 0. The molecule has 4 nitrogen and oxygen atoms in total. The summed E-state index contributed by atoms with van der Waals surface area (Å²) in [5.41, 5.74) is 0.970. The Morgan fingerprint density at radius 1 is 1.11 bits per heavy atom. The van der Waals surface area contributed by atoms with E-state index in [4.69, 9.17) is 11.6 Å². The van der Waals surface area contributed by atoms with Gasteiger partial charge in [-0.15, -0.1) is 4.73 Å². The van der Waals surface area contributed by atoms with Crippen LogP contribution in [0.5, 0.6) is 0 Å². The molecule has 0 aliphatic carbocycles. The normalized spacial score (nSPS) is 10.8. The molecule has 0 bridgehead atoms. The first-order valence-corrected chi connectivity index (χ1v) is 6.01. The zero-order valence-corrected chi connectivity index (χ0v) is 10.5. The van der Waals surface area contributed by atoms with Gasteiger partial charge in [-0.25, -0.2) is 4.79 Å². The SMILES string of the molecule is O=c1nc(-c2ccccc2)c2cc(Cl)ccc2n1O. The predicted molar refractivity (Wildman–Crippen MR) is 73.6 cm³/mol. The van der Waals surface area contributed by atoms with Gasteiger partial charge in [0.25, 0.3) is 0 Å². The van der Waals surface area contributed by atoms with Crippen molar-refractivity contribution in [1.82, 2.24) is 9.71 Å². The van der Waals surface area contributed by atoms with Gasteiger partial charge in [-0.1, -0.05) is 41.9 Å². The first kappa shape index (κ1) is 11.7. The largest absolute Gasteiger partial charge is 0.424 e. The molecule has 1 heterocycles. The molecule has 0 unspecified atom stereocenters. The van der Waals surface area contributed by atoms with Crippen LogP contribution in [-0.4, -0.2) is 14.9 Å². The highest BCUT2D eigenvalue weighted by atomic mass is 35.5. The monoisotopic (exact) mass is 272 g/mol. The van der Waals surface area contributed by atoms with Gasteiger partial charge in [-0.2, -0.15) is 4.98 Å². The van der Waals surface area contributed by atoms with Crippen LogP contribution in [0.15, 0.2) is 53.3 Å². The van der Waals surface area contributed by atoms with E-state index < -0.39 is 5.69 Å². The van der Waals surface area contributed by atoms with E-state index in [0.29, 0.717) is 26.3 Å². The van der Waals surface area contributed by atoms with E-state index in [1.165, 1.54) is 0 Å². The van der Waals surface area contributed by atoms with Crippen molar-refractivity contribution in [3.05, 3.63) is 64.0 Å². The number of nitrogens with zero attached hydrogens (tertiary/aromatic N) is 2. The smallest absolute Gasteiger partial charge is 0.381 e. The molecule has 1 N–H and O–H groups in total. The molecule has 0 amide bonds. The maximum atomic E-state index is 11.7. The van der Waals surface area contributed by atoms with Crippen molar-refractivity contribution in [2.24, 2.45) is 0 Å². The lowest BCUT2D eigenvalue weighted by Gasteiger charge is -2.08. The molecule has 0 saturated heterocycles. The fourth-order valence-corrected chi connectivity index (χ4v) is 2.18. The molecule has 3 aromatic rings. The average Bonchev–Trinajstić information content (AvgIpc) is 2.43. The molecular weight excluding hydrogens is 264 g/mol. The van der Waals surface area contributed by atoms with Gasteiger partial charge < -0.3 is 5.21 Å². The third-order valence-electron chi connectivity index (χ3n) is 2.88. The Balaban J connectivity index is 2.45. The van der Waals surface area contributed by atoms with Crippen molar-refractivity contribution in [2.75, 3.05) is 0 Å². The van der Waals surface area contributed by atoms with Gasteiger partial charge in [0.1, 0.15) is 0 Å². The Kier molecular flexibility index (Phi) is 2.72. The Morgan fingerprint density at radius 3 is 2.58 bits per heavy atom. The summed E-state index contributed by atoms with van der Waals surface area (Å²) in [5, 5.41) is 10.9. The van der Waals surface area contributed by atoms with Gasteiger partial charge in [-0.3, -0.25) is 0 Å². The van der Waals surface area contributed by atoms with Crippen molar-refractivity contribution in [1.29, 1.82) is 0 Å². The molecule has 3 rings (SSSR count). The van der Waals surface area contributed by atoms with Gasteiger partial charge in [0, 0.05) is 16.0 Å². The van der Waals surface area contributed by atoms with Crippen molar-refractivity contribution < 1.29 is 5.21 Å². The Bertz CT molecular complexity index is 813. The molecule has 0 atom stereocenters. The van der Waals surface area contributed by atoms with Crippen LogP contribution in [0.4, 0.5) is 0 Å². The van der Waals surface area contributed by atoms with Crippen molar-refractivity contribution in [3.8, 4) is 11.3 Å². The molecule has 0 spiro atoms. The van der Waals surface area contributed by atoms with Gasteiger partial charge in [0.05, 0.1) is 11.2 Å². The molecule has 0 radical (unpaired) electrons. The highest BCUT2D eigenvalue weighted by Crippen LogP contribution is 2.27. The second-order valence-electron chi connectivity index (χ2n) is 4.08. The lowest BCUT2D eigenvalue weighted by atomic mass is 10.1. The van der Waals surface area contributed by atoms with Crippen LogP contribution in [0.1, 0.15) is 0 Å². The number of halogens is 1. The van der Waals surface area contributed by atoms with E-state index in [1.54, 1.807) is 18.2 Å². The van der Waals surface area contributed by atoms with Crippen LogP contribution < -0.4 is 5.69 Å². The van der Waals surface area contributed by atoms with Gasteiger partial charge in [0.2, 0.25) is 0 Å². The second-order valence-corrected chi connectivity index (χ2v) is 4.52. The number of benzene rings is 2. The number of aromatic nitrogens is 2. The summed E-state index contributed by atoms with van der Waals surface area (Å²) in [5.74, 6) is 0. The van der Waals surface area contributed by atoms with Crippen LogP contribution in [-0.2, 0) is 0 Å². The molecular formula is C14H9ClN2O2. The quantitative estimate of drug-likeness (QED) is 0.693. The van der Waals surface area contributed by atoms with E-state index in [1.807, 2.05) is 30.3 Å². The first-order chi connectivity index (χ1) is 9.16. The van der Waals surface area contributed by atoms with Crippen LogP contribution in [0.25, 0.3) is 22.2 Å². The zero-order chi connectivity index (χ0) is 13.4. The Labute approximate surface area is 113 Å². The summed E-state index contributed by atoms with van der Waals surface area (Å²) in [6, 6.07) is 14.2. The van der Waals surface area contributed by atoms with E-state index in [9.17, 15) is 10.0 Å². The number of fused-ring (bicyclic) bond motifs is 1. The standard InChI is InChI=1S/C14H9ClN2O2/c15-10-6-7-12-11(8-10)13(16-14(18)17(12)19)9-4-2-1-3-5-9/h1-8,19H. The highest BCUT2D eigenvalue weighted by Gasteiger charge is 2.11. The second kappa shape index (κ2) is 4.40. The third kappa shape index (κ3) is 1.96. The lowest BCUT2D eigenvalue weighted by Crippen LogP contribution is -2.21. The zero-order valence-electron chi connectivity index (χ0n) is 9.75. The predicted octanol–water partition coefficient (Wildman–Crippen LogP) is 2.95. The minimum Gasteiger partial charge on any atom is -0.424 e.